The summed E-state index contributed by atoms with van der Waals surface area (Å²) in [5.41, 5.74) is 11.3. The van der Waals surface area contributed by atoms with Gasteiger partial charge in [0.05, 0.1) is 37.1 Å². The number of ether oxygens (including phenoxy) is 2. The maximum atomic E-state index is 12.2. The average molecular weight is 1300 g/mol. The summed E-state index contributed by atoms with van der Waals surface area (Å²) in [4.78, 5) is 73.6. The number of aliphatic carboxylic acids is 2. The first kappa shape index (κ1) is 68.8. The van der Waals surface area contributed by atoms with Crippen LogP contribution in [-0.2, 0) is 52.4 Å². The lowest BCUT2D eigenvalue weighted by molar-refractivity contribution is -0.734. The predicted octanol–water partition coefficient (Wildman–Crippen LogP) is 6.51. The second-order valence-electron chi connectivity index (χ2n) is 30.2. The number of aryl methyl sites for hydroxylation is 2. The largest absolute Gasteiger partial charge is 0.548 e. The van der Waals surface area contributed by atoms with Crippen LogP contribution < -0.4 is 41.0 Å². The number of carboxylic acids is 2. The second-order valence-corrected chi connectivity index (χ2v) is 33.7. The summed E-state index contributed by atoms with van der Waals surface area (Å²) in [5, 5.41) is 32.5. The molecular weight excluding hydrogens is 1200 g/mol. The Morgan fingerprint density at radius 3 is 1.27 bits per heavy atom. The van der Waals surface area contributed by atoms with Crippen molar-refractivity contribution in [2.24, 2.45) is 22.7 Å². The molecule has 4 saturated heterocycles. The van der Waals surface area contributed by atoms with Crippen LogP contribution in [0.25, 0.3) is 0 Å². The molecule has 12 rings (SSSR count). The minimum atomic E-state index is -1.28. The van der Waals surface area contributed by atoms with Gasteiger partial charge in [0.2, 0.25) is 11.8 Å². The quantitative estimate of drug-likeness (QED) is 0.0582. The lowest BCUT2D eigenvalue weighted by atomic mass is 9.49. The number of quaternary nitrogens is 2. The SMILES string of the molecule is CC(C)c1ccc2c(c1)CCC1[C@](C)(C[NH2+]CC[NH2+]C[C@]3(C)CCC[C@]4(C)c5ccc(C(C)C)cc5CC[C@@H]34)CCC[C@]21C.CC1(C)S[C@@H]2[C@H](NC(=O)COc3ccccc3)C(=O)N2[C@H]1C(=O)[O-].CC1(C)S[C@@H]2[C@H](NC(=O)COc3ccccc3)C(=O)N2[C@H]1C(=O)[O-]. The number of hydrogen-bond acceptors (Lipinski definition) is 12. The summed E-state index contributed by atoms with van der Waals surface area (Å²) < 4.78 is 9.34. The molecule has 18 heteroatoms. The lowest BCUT2D eigenvalue weighted by Gasteiger charge is -2.55. The van der Waals surface area contributed by atoms with Gasteiger partial charge in [-0.15, -0.1) is 23.5 Å². The number of benzene rings is 4. The Hall–Kier alpha value is -6.08. The molecule has 6 fully saturated rings. The first-order valence-electron chi connectivity index (χ1n) is 33.8. The van der Waals surface area contributed by atoms with Crippen molar-refractivity contribution in [3.63, 3.8) is 0 Å². The fourth-order valence-electron chi connectivity index (χ4n) is 17.6. The van der Waals surface area contributed by atoms with E-state index in [9.17, 15) is 39.0 Å². The van der Waals surface area contributed by atoms with E-state index in [1.807, 2.05) is 12.1 Å². The molecule has 8 aliphatic rings. The van der Waals surface area contributed by atoms with E-state index in [2.05, 4.69) is 113 Å². The second kappa shape index (κ2) is 27.3. The highest BCUT2D eigenvalue weighted by Gasteiger charge is 2.64. The first-order chi connectivity index (χ1) is 43.5. The van der Waals surface area contributed by atoms with Crippen LogP contribution >= 0.6 is 23.5 Å². The van der Waals surface area contributed by atoms with E-state index in [-0.39, 0.29) is 13.2 Å². The van der Waals surface area contributed by atoms with Crippen molar-refractivity contribution in [2.75, 3.05) is 39.4 Å². The number of rotatable bonds is 19. The van der Waals surface area contributed by atoms with E-state index in [0.29, 0.717) is 45.0 Å². The van der Waals surface area contributed by atoms with E-state index in [0.717, 1.165) is 11.8 Å². The number of nitrogens with zero attached hydrogens (tertiary/aromatic N) is 2. The predicted molar refractivity (Wildman–Crippen MR) is 357 cm³/mol. The molecule has 1 unspecified atom stereocenters. The molecule has 12 atom stereocenters. The van der Waals surface area contributed by atoms with Crippen LogP contribution in [0.15, 0.2) is 97.1 Å². The van der Waals surface area contributed by atoms with E-state index in [4.69, 9.17) is 9.47 Å². The molecule has 4 aliphatic carbocycles. The summed E-state index contributed by atoms with van der Waals surface area (Å²) in [6, 6.07) is 29.3. The maximum Gasteiger partial charge on any atom is 0.258 e. The molecule has 0 radical (unpaired) electrons. The zero-order chi connectivity index (χ0) is 66.3. The lowest BCUT2D eigenvalue weighted by Crippen LogP contribution is -2.97. The molecule has 0 aromatic heterocycles. The summed E-state index contributed by atoms with van der Waals surface area (Å²) in [7, 11) is 0. The Labute approximate surface area is 554 Å². The Morgan fingerprint density at radius 2 is 0.924 bits per heavy atom. The van der Waals surface area contributed by atoms with Gasteiger partial charge in [0, 0.05) is 20.3 Å². The highest BCUT2D eigenvalue weighted by Crippen LogP contribution is 2.59. The zero-order valence-corrected chi connectivity index (χ0v) is 57.9. The third-order valence-electron chi connectivity index (χ3n) is 22.3. The maximum absolute atomic E-state index is 12.2. The fraction of sp³-hybridized carbons (Fsp3) is 0.595. The zero-order valence-electron chi connectivity index (χ0n) is 56.3. The van der Waals surface area contributed by atoms with Crippen LogP contribution in [0.1, 0.15) is 180 Å². The number of nitrogens with two attached hydrogens (primary N) is 2. The highest BCUT2D eigenvalue weighted by molar-refractivity contribution is 8.02. The number of hydrogen-bond donors (Lipinski definition) is 4. The molecule has 0 spiro atoms. The van der Waals surface area contributed by atoms with Crippen LogP contribution in [0.5, 0.6) is 11.5 Å². The molecule has 16 nitrogen and oxygen atoms in total. The molecule has 92 heavy (non-hydrogen) atoms. The number of thioether (sulfide) groups is 2. The van der Waals surface area contributed by atoms with Crippen LogP contribution in [-0.4, -0.2) is 129 Å². The monoisotopic (exact) mass is 1300 g/mol. The molecule has 0 bridgehead atoms. The molecule has 4 aromatic carbocycles. The van der Waals surface area contributed by atoms with Gasteiger partial charge in [0.1, 0.15) is 47.4 Å². The highest BCUT2D eigenvalue weighted by atomic mass is 32.2. The van der Waals surface area contributed by atoms with Gasteiger partial charge in [-0.3, -0.25) is 19.2 Å². The Balaban J connectivity index is 0.000000164. The topological polar surface area (TPSA) is 231 Å². The smallest absolute Gasteiger partial charge is 0.258 e. The van der Waals surface area contributed by atoms with Crippen molar-refractivity contribution >= 4 is 59.1 Å². The van der Waals surface area contributed by atoms with Gasteiger partial charge in [0.15, 0.2) is 13.2 Å². The number of amides is 4. The molecule has 2 saturated carbocycles. The van der Waals surface area contributed by atoms with E-state index >= 15 is 0 Å². The van der Waals surface area contributed by atoms with Crippen molar-refractivity contribution in [2.45, 2.75) is 214 Å². The number of fused-ring (bicyclic) bond motifs is 8. The molecule has 6 N–H and O–H groups in total. The third-order valence-corrected chi connectivity index (χ3v) is 25.5. The fourth-order valence-corrected chi connectivity index (χ4v) is 20.8. The van der Waals surface area contributed by atoms with Gasteiger partial charge in [-0.25, -0.2) is 0 Å². The molecule has 4 heterocycles. The Kier molecular flexibility index (Phi) is 20.4. The number of para-hydroxylation sites is 2. The van der Waals surface area contributed by atoms with Gasteiger partial charge in [-0.1, -0.05) is 141 Å². The Morgan fingerprint density at radius 1 is 0.554 bits per heavy atom. The van der Waals surface area contributed by atoms with Crippen molar-refractivity contribution in [3.05, 3.63) is 130 Å². The van der Waals surface area contributed by atoms with Gasteiger partial charge in [-0.2, -0.15) is 0 Å². The molecule has 4 aromatic rings. The van der Waals surface area contributed by atoms with Crippen molar-refractivity contribution in [1.29, 1.82) is 0 Å². The molecule has 498 valence electrons. The van der Waals surface area contributed by atoms with Crippen molar-refractivity contribution in [1.82, 2.24) is 20.4 Å². The number of β-lactam (4-membered cyclic amide) rings is 2. The average Bonchev–Trinajstić information content (AvgIpc) is 1.53. The summed E-state index contributed by atoms with van der Waals surface area (Å²) in [6.45, 7) is 31.6. The minimum absolute atomic E-state index is 0.210. The number of carbonyl (C=O) groups is 6. The van der Waals surface area contributed by atoms with Crippen LogP contribution in [0.3, 0.4) is 0 Å². The van der Waals surface area contributed by atoms with Gasteiger partial charge < -0.3 is 60.3 Å². The Bertz CT molecular complexity index is 3150. The van der Waals surface area contributed by atoms with Crippen LogP contribution in [0, 0.1) is 22.7 Å². The molecule has 4 amide bonds. The van der Waals surface area contributed by atoms with Crippen molar-refractivity contribution < 1.29 is 59.1 Å². The number of carbonyl (C=O) groups excluding carboxylic acids is 6. The molecular formula is C74H100N6O10S2. The minimum Gasteiger partial charge on any atom is -0.548 e. The summed E-state index contributed by atoms with van der Waals surface area (Å²) >= 11 is 2.70. The van der Waals surface area contributed by atoms with Gasteiger partial charge in [0.25, 0.3) is 11.8 Å². The summed E-state index contributed by atoms with van der Waals surface area (Å²) in [5.74, 6) is -0.226. The van der Waals surface area contributed by atoms with Gasteiger partial charge in [-0.05, 0) is 171 Å². The standard InChI is InChI=1S/C42H64N2.2C16H18N2O5S/c1-29(2)31-11-15-35-33(25-31)13-17-37-39(5,19-9-21-41(35,37)7)27-43-23-24-44-28-40(6)20-10-22-42(8)36-16-12-32(30(3)4)26-34(36)14-18-38(40)42;2*1-16(2)12(15(21)22)18-13(20)11(14(18)24-16)17-10(19)8-23-9-6-4-3-5-7-9/h11-12,15-16,25-26,29-30,37-38,43-44H,9-10,13-14,17-24,27-28H2,1-8H3;2*3-7,11-12,14H,8H2,1-2H3,(H,17,19)(H,21,22)/t37-,38?,39-,40-,41+,42+;2*11-,12+,14-/m011/s1. The molecule has 4 aliphatic heterocycles. The van der Waals surface area contributed by atoms with E-state index < -0.39 is 80.0 Å². The van der Waals surface area contributed by atoms with E-state index in [1.165, 1.54) is 135 Å². The first-order valence-corrected chi connectivity index (χ1v) is 35.5. The van der Waals surface area contributed by atoms with Crippen LogP contribution in [0.2, 0.25) is 0 Å². The van der Waals surface area contributed by atoms with Crippen LogP contribution in [0.4, 0.5) is 0 Å². The summed E-state index contributed by atoms with van der Waals surface area (Å²) in [6.07, 6.45) is 13.6. The van der Waals surface area contributed by atoms with Crippen molar-refractivity contribution in [3.8, 4) is 11.5 Å². The van der Waals surface area contributed by atoms with E-state index in [1.54, 1.807) is 98.5 Å². The number of nitrogens with one attached hydrogen (secondary N) is 2. The normalized spacial score (nSPS) is 30.8. The number of carboxylic acid groups (broad SMARTS) is 2. The van der Waals surface area contributed by atoms with Gasteiger partial charge >= 0.3 is 0 Å². The third kappa shape index (κ3) is 13.7.